The molecule has 0 saturated carbocycles. The lowest BCUT2D eigenvalue weighted by atomic mass is 10.1. The molecule has 3 rings (SSSR count). The van der Waals surface area contributed by atoms with Gasteiger partial charge in [-0.1, -0.05) is 12.1 Å². The van der Waals surface area contributed by atoms with Crippen LogP contribution >= 0.6 is 24.0 Å². The second kappa shape index (κ2) is 12.5. The van der Waals surface area contributed by atoms with Gasteiger partial charge in [-0.15, -0.1) is 24.0 Å². The molecule has 0 amide bonds. The molecule has 0 bridgehead atoms. The van der Waals surface area contributed by atoms with E-state index in [0.29, 0.717) is 24.8 Å². The number of methoxy groups -OCH3 is 1. The largest absolute Gasteiger partial charge is 0.508 e. The highest BCUT2D eigenvalue weighted by Crippen LogP contribution is 2.23. The fraction of sp³-hybridized carbons (Fsp3) is 0.455. The van der Waals surface area contributed by atoms with Gasteiger partial charge in [0.05, 0.1) is 7.11 Å². The van der Waals surface area contributed by atoms with Gasteiger partial charge in [0.1, 0.15) is 17.3 Å². The Hall–Kier alpha value is -2.23. The van der Waals surface area contributed by atoms with Gasteiger partial charge in [-0.2, -0.15) is 0 Å². The van der Waals surface area contributed by atoms with Gasteiger partial charge in [0, 0.05) is 44.5 Å². The Morgan fingerprint density at radius 2 is 2.07 bits per heavy atom. The van der Waals surface area contributed by atoms with E-state index in [-0.39, 0.29) is 29.7 Å². The second-order valence-electron chi connectivity index (χ2n) is 7.10. The molecule has 3 N–H and O–H groups in total. The van der Waals surface area contributed by atoms with E-state index < -0.39 is 0 Å². The fourth-order valence-electron chi connectivity index (χ4n) is 3.48. The van der Waals surface area contributed by atoms with Crippen molar-refractivity contribution in [3.63, 3.8) is 0 Å². The van der Waals surface area contributed by atoms with Crippen LogP contribution in [0.2, 0.25) is 0 Å². The number of hydrogen-bond acceptors (Lipinski definition) is 5. The molecule has 8 heteroatoms. The minimum atomic E-state index is 0. The Morgan fingerprint density at radius 3 is 2.70 bits per heavy atom. The van der Waals surface area contributed by atoms with Crippen molar-refractivity contribution in [3.05, 3.63) is 48.2 Å². The number of aliphatic imine (C=N–C) groups is 1. The first-order valence-corrected chi connectivity index (χ1v) is 10.3. The number of aromatic hydroxyl groups is 1. The lowest BCUT2D eigenvalue weighted by Crippen LogP contribution is -2.49. The third-order valence-electron chi connectivity index (χ3n) is 5.10. The van der Waals surface area contributed by atoms with E-state index in [0.717, 1.165) is 49.8 Å². The van der Waals surface area contributed by atoms with E-state index >= 15 is 0 Å². The van der Waals surface area contributed by atoms with Crippen molar-refractivity contribution in [3.8, 4) is 11.5 Å². The molecule has 1 aromatic carbocycles. The van der Waals surface area contributed by atoms with Gasteiger partial charge in [-0.3, -0.25) is 4.99 Å². The van der Waals surface area contributed by atoms with Gasteiger partial charge in [0.15, 0.2) is 5.96 Å². The maximum Gasteiger partial charge on any atom is 0.191 e. The molecule has 2 aromatic rings. The minimum Gasteiger partial charge on any atom is -0.508 e. The minimum absolute atomic E-state index is 0. The molecule has 0 aliphatic carbocycles. The number of phenols is 1. The summed E-state index contributed by atoms with van der Waals surface area (Å²) in [6.45, 7) is 5.44. The Labute approximate surface area is 196 Å². The lowest BCUT2D eigenvalue weighted by Gasteiger charge is -2.33. The van der Waals surface area contributed by atoms with E-state index in [1.54, 1.807) is 13.2 Å². The number of ether oxygens (including phenoxy) is 1. The molecule has 1 aliphatic rings. The molecule has 0 spiro atoms. The Kier molecular flexibility index (Phi) is 9.99. The van der Waals surface area contributed by atoms with Crippen molar-refractivity contribution in [1.29, 1.82) is 0 Å². The van der Waals surface area contributed by atoms with Crippen LogP contribution in [0.1, 0.15) is 25.3 Å². The van der Waals surface area contributed by atoms with Crippen LogP contribution in [-0.2, 0) is 6.42 Å². The quantitative estimate of drug-likeness (QED) is 0.293. The Balaban J connectivity index is 0.00000320. The number of halogens is 1. The molecule has 0 atom stereocenters. The summed E-state index contributed by atoms with van der Waals surface area (Å²) in [7, 11) is 1.59. The highest BCUT2D eigenvalue weighted by Gasteiger charge is 2.20. The number of rotatable bonds is 7. The average molecular weight is 525 g/mol. The number of aromatic nitrogens is 1. The first kappa shape index (κ1) is 24.0. The zero-order chi connectivity index (χ0) is 20.5. The molecule has 1 fully saturated rings. The maximum atomic E-state index is 10.1. The highest BCUT2D eigenvalue weighted by atomic mass is 127. The lowest BCUT2D eigenvalue weighted by molar-refractivity contribution is 0.406. The van der Waals surface area contributed by atoms with E-state index in [1.165, 1.54) is 0 Å². The SMILES string of the molecule is CCNC(=NCCc1ccc(OC)cc1O)NC1CCN(c2ccccn2)CC1.I. The number of pyridine rings is 1. The zero-order valence-corrected chi connectivity index (χ0v) is 20.0. The Bertz CT molecular complexity index is 795. The first-order chi connectivity index (χ1) is 14.2. The second-order valence-corrected chi connectivity index (χ2v) is 7.10. The van der Waals surface area contributed by atoms with Crippen LogP contribution in [0, 0.1) is 0 Å². The molecular formula is C22H32IN5O2. The number of hydrogen-bond donors (Lipinski definition) is 3. The number of benzene rings is 1. The predicted molar refractivity (Wildman–Crippen MR) is 132 cm³/mol. The first-order valence-electron chi connectivity index (χ1n) is 10.3. The van der Waals surface area contributed by atoms with E-state index in [2.05, 4.69) is 38.5 Å². The van der Waals surface area contributed by atoms with Crippen LogP contribution in [0.15, 0.2) is 47.6 Å². The van der Waals surface area contributed by atoms with Crippen molar-refractivity contribution in [2.45, 2.75) is 32.2 Å². The van der Waals surface area contributed by atoms with Gasteiger partial charge in [0.25, 0.3) is 0 Å². The van der Waals surface area contributed by atoms with Gasteiger partial charge < -0.3 is 25.4 Å². The predicted octanol–water partition coefficient (Wildman–Crippen LogP) is 3.18. The molecule has 30 heavy (non-hydrogen) atoms. The number of piperidine rings is 1. The number of anilines is 1. The molecule has 1 saturated heterocycles. The molecule has 0 unspecified atom stereocenters. The van der Waals surface area contributed by atoms with E-state index in [1.807, 2.05) is 30.5 Å². The summed E-state index contributed by atoms with van der Waals surface area (Å²) in [5.41, 5.74) is 0.870. The van der Waals surface area contributed by atoms with Crippen LogP contribution in [0.5, 0.6) is 11.5 Å². The number of nitrogens with one attached hydrogen (secondary N) is 2. The van der Waals surface area contributed by atoms with Crippen LogP contribution in [0.4, 0.5) is 5.82 Å². The van der Waals surface area contributed by atoms with E-state index in [9.17, 15) is 5.11 Å². The third kappa shape index (κ3) is 6.93. The van der Waals surface area contributed by atoms with Crippen molar-refractivity contribution in [2.24, 2.45) is 4.99 Å². The topological polar surface area (TPSA) is 82.0 Å². The van der Waals surface area contributed by atoms with Gasteiger partial charge in [-0.25, -0.2) is 4.98 Å². The normalized spacial score (nSPS) is 14.7. The summed E-state index contributed by atoms with van der Waals surface area (Å²) in [4.78, 5) is 11.5. The summed E-state index contributed by atoms with van der Waals surface area (Å²) in [6.07, 6.45) is 4.60. The number of phenolic OH excluding ortho intramolecular Hbond substituents is 1. The molecule has 0 radical (unpaired) electrons. The van der Waals surface area contributed by atoms with Crippen LogP contribution in [0.25, 0.3) is 0 Å². The van der Waals surface area contributed by atoms with Crippen molar-refractivity contribution >= 4 is 35.8 Å². The van der Waals surface area contributed by atoms with Crippen LogP contribution in [-0.4, -0.2) is 55.4 Å². The smallest absolute Gasteiger partial charge is 0.191 e. The standard InChI is InChI=1S/C22H31N5O2.HI/c1-3-23-22(25-13-9-17-7-8-19(29-2)16-20(17)28)26-18-10-14-27(15-11-18)21-6-4-5-12-24-21;/h4-8,12,16,18,28H,3,9-11,13-15H2,1-2H3,(H2,23,25,26);1H. The van der Waals surface area contributed by atoms with Crippen molar-refractivity contribution in [2.75, 3.05) is 38.2 Å². The molecule has 2 heterocycles. The third-order valence-corrected chi connectivity index (χ3v) is 5.10. The summed E-state index contributed by atoms with van der Waals surface area (Å²) in [6, 6.07) is 11.8. The van der Waals surface area contributed by atoms with Gasteiger partial charge in [-0.05, 0) is 49.9 Å². The van der Waals surface area contributed by atoms with E-state index in [4.69, 9.17) is 4.74 Å². The summed E-state index contributed by atoms with van der Waals surface area (Å²) in [5, 5.41) is 17.0. The molecular weight excluding hydrogens is 493 g/mol. The summed E-state index contributed by atoms with van der Waals surface area (Å²) < 4.78 is 5.13. The summed E-state index contributed by atoms with van der Waals surface area (Å²) >= 11 is 0. The van der Waals surface area contributed by atoms with Crippen LogP contribution < -0.4 is 20.3 Å². The zero-order valence-electron chi connectivity index (χ0n) is 17.7. The van der Waals surface area contributed by atoms with Gasteiger partial charge >= 0.3 is 0 Å². The van der Waals surface area contributed by atoms with Crippen LogP contribution in [0.3, 0.4) is 0 Å². The molecule has 1 aromatic heterocycles. The average Bonchev–Trinajstić information content (AvgIpc) is 2.76. The number of guanidine groups is 1. The molecule has 1 aliphatic heterocycles. The maximum absolute atomic E-state index is 10.1. The summed E-state index contributed by atoms with van der Waals surface area (Å²) in [5.74, 6) is 2.78. The number of nitrogens with zero attached hydrogens (tertiary/aromatic N) is 3. The fourth-order valence-corrected chi connectivity index (χ4v) is 3.48. The highest BCUT2D eigenvalue weighted by molar-refractivity contribution is 14.0. The monoisotopic (exact) mass is 525 g/mol. The Morgan fingerprint density at radius 1 is 1.27 bits per heavy atom. The van der Waals surface area contributed by atoms with Crippen molar-refractivity contribution < 1.29 is 9.84 Å². The molecule has 7 nitrogen and oxygen atoms in total. The van der Waals surface area contributed by atoms with Gasteiger partial charge in [0.2, 0.25) is 0 Å². The molecule has 164 valence electrons. The van der Waals surface area contributed by atoms with Crippen molar-refractivity contribution in [1.82, 2.24) is 15.6 Å².